The van der Waals surface area contributed by atoms with Crippen molar-refractivity contribution in [3.05, 3.63) is 36.5 Å². The summed E-state index contributed by atoms with van der Waals surface area (Å²) in [6, 6.07) is 10.0. The predicted molar refractivity (Wildman–Crippen MR) is 73.7 cm³/mol. The van der Waals surface area contributed by atoms with Crippen LogP contribution in [0.1, 0.15) is 32.6 Å². The molecule has 0 aliphatic rings. The summed E-state index contributed by atoms with van der Waals surface area (Å²) in [4.78, 5) is 0. The van der Waals surface area contributed by atoms with Crippen molar-refractivity contribution in [1.82, 2.24) is 10.2 Å². The Morgan fingerprint density at radius 3 is 2.56 bits per heavy atom. The lowest BCUT2D eigenvalue weighted by Gasteiger charge is -2.06. The Morgan fingerprint density at radius 1 is 1.06 bits per heavy atom. The summed E-state index contributed by atoms with van der Waals surface area (Å²) in [6.07, 6.45) is 6.77. The van der Waals surface area contributed by atoms with Gasteiger partial charge in [-0.15, -0.1) is 0 Å². The standard InChI is InChI=1S/C15H20N2O/c1-2-3-4-5-12-18-14-8-6-13(7-9-14)15-10-11-16-17-15/h6-11H,2-5,12H2,1H3,(H,16,17). The molecule has 1 aromatic carbocycles. The van der Waals surface area contributed by atoms with Gasteiger partial charge in [0.25, 0.3) is 0 Å². The van der Waals surface area contributed by atoms with Crippen LogP contribution in [0.5, 0.6) is 5.75 Å². The number of rotatable bonds is 7. The second kappa shape index (κ2) is 6.84. The van der Waals surface area contributed by atoms with Crippen molar-refractivity contribution in [2.75, 3.05) is 6.61 Å². The van der Waals surface area contributed by atoms with E-state index in [-0.39, 0.29) is 0 Å². The zero-order valence-corrected chi connectivity index (χ0v) is 10.9. The zero-order chi connectivity index (χ0) is 12.6. The van der Waals surface area contributed by atoms with E-state index in [0.29, 0.717) is 0 Å². The number of hydrogen-bond acceptors (Lipinski definition) is 2. The van der Waals surface area contributed by atoms with Crippen molar-refractivity contribution in [1.29, 1.82) is 0 Å². The topological polar surface area (TPSA) is 37.9 Å². The van der Waals surface area contributed by atoms with Crippen LogP contribution in [0.2, 0.25) is 0 Å². The molecule has 18 heavy (non-hydrogen) atoms. The van der Waals surface area contributed by atoms with E-state index < -0.39 is 0 Å². The van der Waals surface area contributed by atoms with Gasteiger partial charge in [0.1, 0.15) is 5.75 Å². The summed E-state index contributed by atoms with van der Waals surface area (Å²) >= 11 is 0. The molecule has 3 heteroatoms. The average molecular weight is 244 g/mol. The average Bonchev–Trinajstić information content (AvgIpc) is 2.93. The molecule has 1 N–H and O–H groups in total. The van der Waals surface area contributed by atoms with Crippen molar-refractivity contribution >= 4 is 0 Å². The van der Waals surface area contributed by atoms with Gasteiger partial charge in [0.15, 0.2) is 0 Å². The summed E-state index contributed by atoms with van der Waals surface area (Å²) in [5.74, 6) is 0.936. The van der Waals surface area contributed by atoms with Crippen LogP contribution < -0.4 is 4.74 Å². The van der Waals surface area contributed by atoms with Crippen LogP contribution in [0.15, 0.2) is 36.5 Å². The van der Waals surface area contributed by atoms with Crippen LogP contribution in [0.3, 0.4) is 0 Å². The maximum atomic E-state index is 5.70. The molecule has 96 valence electrons. The van der Waals surface area contributed by atoms with Gasteiger partial charge in [-0.1, -0.05) is 26.2 Å². The second-order valence-corrected chi connectivity index (χ2v) is 4.39. The molecule has 0 bridgehead atoms. The Balaban J connectivity index is 1.81. The van der Waals surface area contributed by atoms with Crippen molar-refractivity contribution < 1.29 is 4.74 Å². The summed E-state index contributed by atoms with van der Waals surface area (Å²) in [5, 5.41) is 6.96. The van der Waals surface area contributed by atoms with Gasteiger partial charge >= 0.3 is 0 Å². The lowest BCUT2D eigenvalue weighted by atomic mass is 10.1. The first-order valence-electron chi connectivity index (χ1n) is 6.63. The summed E-state index contributed by atoms with van der Waals surface area (Å²) in [7, 11) is 0. The first kappa shape index (κ1) is 12.7. The van der Waals surface area contributed by atoms with Crippen molar-refractivity contribution in [3.8, 4) is 17.0 Å². The van der Waals surface area contributed by atoms with E-state index in [1.807, 2.05) is 36.5 Å². The quantitative estimate of drug-likeness (QED) is 0.746. The third-order valence-corrected chi connectivity index (χ3v) is 2.92. The summed E-state index contributed by atoms with van der Waals surface area (Å²) in [5.41, 5.74) is 2.07. The van der Waals surface area contributed by atoms with Gasteiger partial charge in [-0.2, -0.15) is 5.10 Å². The number of unbranched alkanes of at least 4 members (excludes halogenated alkanes) is 3. The van der Waals surface area contributed by atoms with E-state index >= 15 is 0 Å². The first-order valence-corrected chi connectivity index (χ1v) is 6.63. The maximum absolute atomic E-state index is 5.70. The third-order valence-electron chi connectivity index (χ3n) is 2.92. The van der Waals surface area contributed by atoms with Crippen molar-refractivity contribution in [2.45, 2.75) is 32.6 Å². The van der Waals surface area contributed by atoms with Gasteiger partial charge in [-0.05, 0) is 36.8 Å². The molecular formula is C15H20N2O. The molecule has 3 nitrogen and oxygen atoms in total. The number of H-pyrrole nitrogens is 1. The van der Waals surface area contributed by atoms with Gasteiger partial charge < -0.3 is 4.74 Å². The van der Waals surface area contributed by atoms with Gasteiger partial charge in [0, 0.05) is 11.8 Å². The van der Waals surface area contributed by atoms with E-state index in [1.165, 1.54) is 19.3 Å². The number of benzene rings is 1. The van der Waals surface area contributed by atoms with Crippen LogP contribution in [0, 0.1) is 0 Å². The van der Waals surface area contributed by atoms with Crippen LogP contribution in [0.4, 0.5) is 0 Å². The van der Waals surface area contributed by atoms with Gasteiger partial charge in [0.2, 0.25) is 0 Å². The third kappa shape index (κ3) is 3.62. The van der Waals surface area contributed by atoms with Gasteiger partial charge in [0.05, 0.1) is 12.3 Å². The molecule has 2 rings (SSSR count). The van der Waals surface area contributed by atoms with Crippen LogP contribution >= 0.6 is 0 Å². The monoisotopic (exact) mass is 244 g/mol. The molecule has 1 heterocycles. The molecule has 1 aromatic heterocycles. The van der Waals surface area contributed by atoms with E-state index in [0.717, 1.165) is 30.0 Å². The number of hydrogen-bond donors (Lipinski definition) is 1. The Kier molecular flexibility index (Phi) is 4.82. The number of ether oxygens (including phenoxy) is 1. The zero-order valence-electron chi connectivity index (χ0n) is 10.9. The Hall–Kier alpha value is -1.77. The fourth-order valence-electron chi connectivity index (χ4n) is 1.86. The highest BCUT2D eigenvalue weighted by Crippen LogP contribution is 2.20. The van der Waals surface area contributed by atoms with E-state index in [1.54, 1.807) is 0 Å². The van der Waals surface area contributed by atoms with Crippen LogP contribution in [-0.2, 0) is 0 Å². The summed E-state index contributed by atoms with van der Waals surface area (Å²) in [6.45, 7) is 3.02. The normalized spacial score (nSPS) is 10.5. The minimum absolute atomic E-state index is 0.807. The Bertz CT molecular complexity index is 434. The van der Waals surface area contributed by atoms with Gasteiger partial charge in [-0.25, -0.2) is 0 Å². The first-order chi connectivity index (χ1) is 8.90. The predicted octanol–water partition coefficient (Wildman–Crippen LogP) is 4.04. The van der Waals surface area contributed by atoms with Gasteiger partial charge in [-0.3, -0.25) is 5.10 Å². The Morgan fingerprint density at radius 2 is 1.89 bits per heavy atom. The lowest BCUT2D eigenvalue weighted by Crippen LogP contribution is -1.96. The highest BCUT2D eigenvalue weighted by atomic mass is 16.5. The molecular weight excluding hydrogens is 224 g/mol. The Labute approximate surface area is 108 Å². The molecule has 2 aromatic rings. The molecule has 0 aliphatic heterocycles. The molecule has 0 radical (unpaired) electrons. The minimum Gasteiger partial charge on any atom is -0.494 e. The molecule has 0 fully saturated rings. The molecule has 0 unspecified atom stereocenters. The smallest absolute Gasteiger partial charge is 0.119 e. The summed E-state index contributed by atoms with van der Waals surface area (Å²) < 4.78 is 5.70. The SMILES string of the molecule is CCCCCCOc1ccc(-c2cc[nH]n2)cc1. The molecule has 0 saturated carbocycles. The maximum Gasteiger partial charge on any atom is 0.119 e. The van der Waals surface area contributed by atoms with E-state index in [2.05, 4.69) is 17.1 Å². The highest BCUT2D eigenvalue weighted by molar-refractivity contribution is 5.59. The largest absolute Gasteiger partial charge is 0.494 e. The van der Waals surface area contributed by atoms with E-state index in [9.17, 15) is 0 Å². The van der Waals surface area contributed by atoms with Crippen LogP contribution in [-0.4, -0.2) is 16.8 Å². The fourth-order valence-corrected chi connectivity index (χ4v) is 1.86. The number of aromatic nitrogens is 2. The second-order valence-electron chi connectivity index (χ2n) is 4.39. The van der Waals surface area contributed by atoms with Crippen molar-refractivity contribution in [3.63, 3.8) is 0 Å². The number of nitrogens with one attached hydrogen (secondary N) is 1. The molecule has 0 atom stereocenters. The van der Waals surface area contributed by atoms with Crippen molar-refractivity contribution in [2.24, 2.45) is 0 Å². The fraction of sp³-hybridized carbons (Fsp3) is 0.400. The molecule has 0 spiro atoms. The number of aromatic amines is 1. The van der Waals surface area contributed by atoms with Crippen LogP contribution in [0.25, 0.3) is 11.3 Å². The molecule has 0 amide bonds. The van der Waals surface area contributed by atoms with E-state index in [4.69, 9.17) is 4.74 Å². The lowest BCUT2D eigenvalue weighted by molar-refractivity contribution is 0.305. The number of nitrogens with zero attached hydrogens (tertiary/aromatic N) is 1. The molecule has 0 saturated heterocycles. The minimum atomic E-state index is 0.807. The highest BCUT2D eigenvalue weighted by Gasteiger charge is 2.00. The molecule has 0 aliphatic carbocycles.